The van der Waals surface area contributed by atoms with Gasteiger partial charge >= 0.3 is 0 Å². The third-order valence-corrected chi connectivity index (χ3v) is 3.51. The standard InChI is InChI=1S/C18H21NO4/c1-19(18(20)14-8-6-5-7-9-14)12-13-10-15(21-2)17(23-4)16(11-13)22-3/h5-11H,12H2,1-4H3. The van der Waals surface area contributed by atoms with Crippen LogP contribution in [0.4, 0.5) is 0 Å². The minimum Gasteiger partial charge on any atom is -0.493 e. The van der Waals surface area contributed by atoms with Gasteiger partial charge in [-0.25, -0.2) is 0 Å². The van der Waals surface area contributed by atoms with Crippen LogP contribution in [0.1, 0.15) is 15.9 Å². The van der Waals surface area contributed by atoms with Crippen LogP contribution in [-0.4, -0.2) is 39.2 Å². The normalized spacial score (nSPS) is 10.1. The smallest absolute Gasteiger partial charge is 0.253 e. The van der Waals surface area contributed by atoms with E-state index in [9.17, 15) is 4.79 Å². The number of carbonyl (C=O) groups is 1. The van der Waals surface area contributed by atoms with Gasteiger partial charge in [-0.3, -0.25) is 4.79 Å². The molecular formula is C18H21NO4. The zero-order valence-electron chi connectivity index (χ0n) is 13.8. The third-order valence-electron chi connectivity index (χ3n) is 3.51. The van der Waals surface area contributed by atoms with E-state index in [-0.39, 0.29) is 5.91 Å². The van der Waals surface area contributed by atoms with Gasteiger partial charge in [0, 0.05) is 19.2 Å². The molecule has 0 radical (unpaired) electrons. The van der Waals surface area contributed by atoms with Gasteiger partial charge in [-0.05, 0) is 29.8 Å². The average molecular weight is 315 g/mol. The van der Waals surface area contributed by atoms with E-state index < -0.39 is 0 Å². The van der Waals surface area contributed by atoms with Crippen molar-refractivity contribution < 1.29 is 19.0 Å². The average Bonchev–Trinajstić information content (AvgIpc) is 2.60. The second kappa shape index (κ2) is 7.54. The number of hydrogen-bond acceptors (Lipinski definition) is 4. The lowest BCUT2D eigenvalue weighted by Crippen LogP contribution is -2.26. The van der Waals surface area contributed by atoms with Crippen molar-refractivity contribution in [1.29, 1.82) is 0 Å². The molecule has 23 heavy (non-hydrogen) atoms. The highest BCUT2D eigenvalue weighted by atomic mass is 16.5. The van der Waals surface area contributed by atoms with Crippen LogP contribution in [0.3, 0.4) is 0 Å². The molecule has 0 unspecified atom stereocenters. The largest absolute Gasteiger partial charge is 0.493 e. The lowest BCUT2D eigenvalue weighted by Gasteiger charge is -2.19. The molecule has 0 saturated heterocycles. The SMILES string of the molecule is COc1cc(CN(C)C(=O)c2ccccc2)cc(OC)c1OC. The van der Waals surface area contributed by atoms with Crippen LogP contribution in [0, 0.1) is 0 Å². The lowest BCUT2D eigenvalue weighted by molar-refractivity contribution is 0.0785. The summed E-state index contributed by atoms with van der Waals surface area (Å²) in [5.74, 6) is 1.64. The molecule has 2 aromatic rings. The van der Waals surface area contributed by atoms with Crippen LogP contribution >= 0.6 is 0 Å². The maximum Gasteiger partial charge on any atom is 0.253 e. The predicted octanol–water partition coefficient (Wildman–Crippen LogP) is 2.98. The Labute approximate surface area is 136 Å². The molecule has 0 aliphatic carbocycles. The summed E-state index contributed by atoms with van der Waals surface area (Å²) in [5.41, 5.74) is 1.55. The zero-order valence-corrected chi connectivity index (χ0v) is 13.8. The van der Waals surface area contributed by atoms with Gasteiger partial charge in [-0.2, -0.15) is 0 Å². The number of carbonyl (C=O) groups excluding carboxylic acids is 1. The number of methoxy groups -OCH3 is 3. The Morgan fingerprint density at radius 2 is 1.52 bits per heavy atom. The molecule has 2 aromatic carbocycles. The second-order valence-corrected chi connectivity index (χ2v) is 5.06. The second-order valence-electron chi connectivity index (χ2n) is 5.06. The van der Waals surface area contributed by atoms with Crippen molar-refractivity contribution in [2.45, 2.75) is 6.54 Å². The van der Waals surface area contributed by atoms with Crippen molar-refractivity contribution in [2.75, 3.05) is 28.4 Å². The minimum absolute atomic E-state index is 0.0423. The van der Waals surface area contributed by atoms with Crippen molar-refractivity contribution in [1.82, 2.24) is 4.90 Å². The van der Waals surface area contributed by atoms with Crippen LogP contribution in [0.25, 0.3) is 0 Å². The molecule has 122 valence electrons. The Balaban J connectivity index is 2.24. The van der Waals surface area contributed by atoms with Gasteiger partial charge < -0.3 is 19.1 Å². The molecule has 0 spiro atoms. The summed E-state index contributed by atoms with van der Waals surface area (Å²) < 4.78 is 16.0. The van der Waals surface area contributed by atoms with Gasteiger partial charge in [-0.15, -0.1) is 0 Å². The Morgan fingerprint density at radius 1 is 0.957 bits per heavy atom. The van der Waals surface area contributed by atoms with Gasteiger partial charge in [-0.1, -0.05) is 18.2 Å². The monoisotopic (exact) mass is 315 g/mol. The summed E-state index contributed by atoms with van der Waals surface area (Å²) in [7, 11) is 6.46. The fourth-order valence-electron chi connectivity index (χ4n) is 2.37. The van der Waals surface area contributed by atoms with E-state index in [1.54, 1.807) is 45.4 Å². The van der Waals surface area contributed by atoms with E-state index in [0.717, 1.165) is 5.56 Å². The highest BCUT2D eigenvalue weighted by Gasteiger charge is 2.16. The summed E-state index contributed by atoms with van der Waals surface area (Å²) in [5, 5.41) is 0. The lowest BCUT2D eigenvalue weighted by atomic mass is 10.1. The molecule has 2 rings (SSSR count). The quantitative estimate of drug-likeness (QED) is 0.822. The van der Waals surface area contributed by atoms with Crippen LogP contribution in [0.15, 0.2) is 42.5 Å². The van der Waals surface area contributed by atoms with E-state index in [0.29, 0.717) is 29.4 Å². The van der Waals surface area contributed by atoms with Crippen molar-refractivity contribution in [3.8, 4) is 17.2 Å². The molecule has 5 heteroatoms. The number of ether oxygens (including phenoxy) is 3. The Morgan fingerprint density at radius 3 is 2.00 bits per heavy atom. The van der Waals surface area contributed by atoms with E-state index in [2.05, 4.69) is 0 Å². The number of amides is 1. The number of benzene rings is 2. The molecule has 1 amide bonds. The van der Waals surface area contributed by atoms with Crippen LogP contribution < -0.4 is 14.2 Å². The van der Waals surface area contributed by atoms with Crippen LogP contribution in [-0.2, 0) is 6.54 Å². The van der Waals surface area contributed by atoms with Crippen LogP contribution in [0.2, 0.25) is 0 Å². The van der Waals surface area contributed by atoms with Gasteiger partial charge in [0.05, 0.1) is 21.3 Å². The molecule has 0 aliphatic rings. The summed E-state index contributed by atoms with van der Waals surface area (Å²) in [6, 6.07) is 12.9. The van der Waals surface area contributed by atoms with Gasteiger partial charge in [0.15, 0.2) is 11.5 Å². The van der Waals surface area contributed by atoms with Crippen molar-refractivity contribution in [3.05, 3.63) is 53.6 Å². The van der Waals surface area contributed by atoms with E-state index in [4.69, 9.17) is 14.2 Å². The Hall–Kier alpha value is -2.69. The first-order valence-electron chi connectivity index (χ1n) is 7.20. The predicted molar refractivity (Wildman–Crippen MR) is 88.3 cm³/mol. The molecule has 0 fully saturated rings. The highest BCUT2D eigenvalue weighted by molar-refractivity contribution is 5.93. The molecule has 0 saturated carbocycles. The van der Waals surface area contributed by atoms with Gasteiger partial charge in [0.25, 0.3) is 5.91 Å². The number of rotatable bonds is 6. The molecule has 0 heterocycles. The zero-order chi connectivity index (χ0) is 16.8. The molecule has 0 atom stereocenters. The molecule has 0 aromatic heterocycles. The first kappa shape index (κ1) is 16.7. The summed E-state index contributed by atoms with van der Waals surface area (Å²) >= 11 is 0. The van der Waals surface area contributed by atoms with Crippen molar-refractivity contribution >= 4 is 5.91 Å². The van der Waals surface area contributed by atoms with Gasteiger partial charge in [0.2, 0.25) is 5.75 Å². The Kier molecular flexibility index (Phi) is 5.46. The first-order valence-corrected chi connectivity index (χ1v) is 7.20. The molecule has 0 bridgehead atoms. The fraction of sp³-hybridized carbons (Fsp3) is 0.278. The summed E-state index contributed by atoms with van der Waals surface area (Å²) in [6.07, 6.45) is 0. The highest BCUT2D eigenvalue weighted by Crippen LogP contribution is 2.38. The molecule has 5 nitrogen and oxygen atoms in total. The minimum atomic E-state index is -0.0423. The number of nitrogens with zero attached hydrogens (tertiary/aromatic N) is 1. The summed E-state index contributed by atoms with van der Waals surface area (Å²) in [4.78, 5) is 14.1. The van der Waals surface area contributed by atoms with E-state index >= 15 is 0 Å². The molecular weight excluding hydrogens is 294 g/mol. The van der Waals surface area contributed by atoms with Gasteiger partial charge in [0.1, 0.15) is 0 Å². The summed E-state index contributed by atoms with van der Waals surface area (Å²) in [6.45, 7) is 0.435. The maximum atomic E-state index is 12.4. The molecule has 0 aliphatic heterocycles. The van der Waals surface area contributed by atoms with Crippen molar-refractivity contribution in [3.63, 3.8) is 0 Å². The van der Waals surface area contributed by atoms with Crippen molar-refractivity contribution in [2.24, 2.45) is 0 Å². The Bertz CT molecular complexity index is 645. The van der Waals surface area contributed by atoms with Crippen LogP contribution in [0.5, 0.6) is 17.2 Å². The van der Waals surface area contributed by atoms with E-state index in [1.807, 2.05) is 30.3 Å². The van der Waals surface area contributed by atoms with E-state index in [1.165, 1.54) is 0 Å². The topological polar surface area (TPSA) is 48.0 Å². The maximum absolute atomic E-state index is 12.4. The first-order chi connectivity index (χ1) is 11.1. The third kappa shape index (κ3) is 3.74. The number of hydrogen-bond donors (Lipinski definition) is 0. The fourth-order valence-corrected chi connectivity index (χ4v) is 2.37. The molecule has 0 N–H and O–H groups in total.